The zero-order valence-electron chi connectivity index (χ0n) is 14.7. The van der Waals surface area contributed by atoms with Gasteiger partial charge in [-0.2, -0.15) is 5.10 Å². The van der Waals surface area contributed by atoms with Gasteiger partial charge in [-0.15, -0.1) is 0 Å². The average molecular weight is 324 g/mol. The summed E-state index contributed by atoms with van der Waals surface area (Å²) >= 11 is 0. The first kappa shape index (κ1) is 17.7. The van der Waals surface area contributed by atoms with Gasteiger partial charge in [-0.1, -0.05) is 19.1 Å². The summed E-state index contributed by atoms with van der Waals surface area (Å²) in [6.07, 6.45) is 0.953. The molecule has 2 rings (SSSR count). The van der Waals surface area contributed by atoms with Crippen LogP contribution in [-0.2, 0) is 0 Å². The van der Waals surface area contributed by atoms with E-state index in [1.54, 1.807) is 24.3 Å². The highest BCUT2D eigenvalue weighted by atomic mass is 16.5. The molecule has 24 heavy (non-hydrogen) atoms. The molecule has 126 valence electrons. The Hall–Kier alpha value is -2.62. The molecular formula is C20H24N2O2. The van der Waals surface area contributed by atoms with Gasteiger partial charge in [-0.05, 0) is 74.2 Å². The van der Waals surface area contributed by atoms with E-state index in [0.717, 1.165) is 23.4 Å². The van der Waals surface area contributed by atoms with E-state index in [2.05, 4.69) is 43.4 Å². The van der Waals surface area contributed by atoms with Crippen molar-refractivity contribution in [3.05, 3.63) is 64.7 Å². The zero-order valence-corrected chi connectivity index (χ0v) is 14.7. The maximum atomic E-state index is 12.2. The summed E-state index contributed by atoms with van der Waals surface area (Å²) in [6.45, 7) is 8.74. The molecule has 0 atom stereocenters. The molecule has 0 saturated carbocycles. The van der Waals surface area contributed by atoms with E-state index in [1.165, 1.54) is 11.1 Å². The van der Waals surface area contributed by atoms with E-state index in [9.17, 15) is 4.79 Å². The molecule has 0 unspecified atom stereocenters. The lowest BCUT2D eigenvalue weighted by Crippen LogP contribution is -2.19. The molecule has 0 aromatic heterocycles. The van der Waals surface area contributed by atoms with Gasteiger partial charge in [0.2, 0.25) is 0 Å². The van der Waals surface area contributed by atoms with Crippen LogP contribution in [0.15, 0.2) is 47.6 Å². The maximum Gasteiger partial charge on any atom is 0.271 e. The van der Waals surface area contributed by atoms with Crippen molar-refractivity contribution >= 4 is 11.6 Å². The number of hydrazone groups is 1. The van der Waals surface area contributed by atoms with E-state index >= 15 is 0 Å². The number of nitrogens with zero attached hydrogens (tertiary/aromatic N) is 1. The lowest BCUT2D eigenvalue weighted by atomic mass is 10.0. The summed E-state index contributed by atoms with van der Waals surface area (Å²) in [5, 5.41) is 4.20. The first-order valence-electron chi connectivity index (χ1n) is 8.16. The molecule has 0 aliphatic carbocycles. The van der Waals surface area contributed by atoms with Crippen LogP contribution in [0.2, 0.25) is 0 Å². The van der Waals surface area contributed by atoms with Gasteiger partial charge in [-0.3, -0.25) is 4.79 Å². The number of hydrogen-bond donors (Lipinski definition) is 1. The highest BCUT2D eigenvalue weighted by molar-refractivity contribution is 6.01. The van der Waals surface area contributed by atoms with Crippen LogP contribution >= 0.6 is 0 Å². The average Bonchev–Trinajstić information content (AvgIpc) is 2.60. The van der Waals surface area contributed by atoms with Crippen molar-refractivity contribution in [3.8, 4) is 5.75 Å². The summed E-state index contributed by atoms with van der Waals surface area (Å²) in [5.74, 6) is 0.531. The Bertz CT molecular complexity index is 734. The molecule has 4 nitrogen and oxygen atoms in total. The molecule has 0 fully saturated rings. The van der Waals surface area contributed by atoms with E-state index in [-0.39, 0.29) is 5.91 Å². The lowest BCUT2D eigenvalue weighted by Gasteiger charge is -2.07. The monoisotopic (exact) mass is 324 g/mol. The SMILES string of the molecule is CCCOc1ccc(C(=O)N/N=C(/C)c2ccc(C)c(C)c2)cc1. The molecule has 4 heteroatoms. The van der Waals surface area contributed by atoms with Crippen LogP contribution in [0.4, 0.5) is 0 Å². The Balaban J connectivity index is 2.01. The zero-order chi connectivity index (χ0) is 17.5. The van der Waals surface area contributed by atoms with Crippen molar-refractivity contribution in [1.82, 2.24) is 5.43 Å². The molecule has 1 amide bonds. The van der Waals surface area contributed by atoms with E-state index < -0.39 is 0 Å². The molecule has 0 radical (unpaired) electrons. The third kappa shape index (κ3) is 4.69. The number of rotatable bonds is 6. The van der Waals surface area contributed by atoms with Crippen LogP contribution in [0.1, 0.15) is 47.3 Å². The van der Waals surface area contributed by atoms with Crippen molar-refractivity contribution in [3.63, 3.8) is 0 Å². The van der Waals surface area contributed by atoms with Crippen molar-refractivity contribution < 1.29 is 9.53 Å². The first-order valence-corrected chi connectivity index (χ1v) is 8.16. The molecule has 0 aliphatic rings. The summed E-state index contributed by atoms with van der Waals surface area (Å²) in [7, 11) is 0. The van der Waals surface area contributed by atoms with E-state index in [1.807, 2.05) is 13.0 Å². The number of hydrogen-bond acceptors (Lipinski definition) is 3. The smallest absolute Gasteiger partial charge is 0.271 e. The fourth-order valence-corrected chi connectivity index (χ4v) is 2.15. The third-order valence-corrected chi connectivity index (χ3v) is 3.84. The van der Waals surface area contributed by atoms with E-state index in [0.29, 0.717) is 12.2 Å². The maximum absolute atomic E-state index is 12.2. The number of ether oxygens (including phenoxy) is 1. The first-order chi connectivity index (χ1) is 11.5. The minimum Gasteiger partial charge on any atom is -0.494 e. The quantitative estimate of drug-likeness (QED) is 0.638. The number of amides is 1. The predicted molar refractivity (Wildman–Crippen MR) is 97.8 cm³/mol. The molecule has 0 bridgehead atoms. The Morgan fingerprint density at radius 2 is 1.71 bits per heavy atom. The van der Waals surface area contributed by atoms with Crippen LogP contribution in [0.3, 0.4) is 0 Å². The molecule has 0 aliphatic heterocycles. The minimum atomic E-state index is -0.236. The van der Waals surface area contributed by atoms with Gasteiger partial charge in [0, 0.05) is 5.56 Å². The Labute approximate surface area is 143 Å². The van der Waals surface area contributed by atoms with Crippen LogP contribution < -0.4 is 10.2 Å². The van der Waals surface area contributed by atoms with Crippen molar-refractivity contribution in [2.45, 2.75) is 34.1 Å². The molecule has 0 heterocycles. The van der Waals surface area contributed by atoms with Crippen molar-refractivity contribution in [1.29, 1.82) is 0 Å². The van der Waals surface area contributed by atoms with Gasteiger partial charge < -0.3 is 4.74 Å². The molecule has 2 aromatic carbocycles. The summed E-state index contributed by atoms with van der Waals surface area (Å²) < 4.78 is 5.51. The number of benzene rings is 2. The Morgan fingerprint density at radius 3 is 2.33 bits per heavy atom. The summed E-state index contributed by atoms with van der Waals surface area (Å²) in [4.78, 5) is 12.2. The van der Waals surface area contributed by atoms with Crippen LogP contribution in [-0.4, -0.2) is 18.2 Å². The second kappa shape index (κ2) is 8.29. The van der Waals surface area contributed by atoms with Gasteiger partial charge in [0.1, 0.15) is 5.75 Å². The van der Waals surface area contributed by atoms with Gasteiger partial charge in [0.25, 0.3) is 5.91 Å². The molecular weight excluding hydrogens is 300 g/mol. The second-order valence-corrected chi connectivity index (χ2v) is 5.81. The summed E-state index contributed by atoms with van der Waals surface area (Å²) in [6, 6.07) is 13.2. The largest absolute Gasteiger partial charge is 0.494 e. The van der Waals surface area contributed by atoms with Gasteiger partial charge in [0.05, 0.1) is 12.3 Å². The normalized spacial score (nSPS) is 11.2. The van der Waals surface area contributed by atoms with Crippen molar-refractivity contribution in [2.24, 2.45) is 5.10 Å². The fourth-order valence-electron chi connectivity index (χ4n) is 2.15. The fraction of sp³-hybridized carbons (Fsp3) is 0.300. The molecule has 0 saturated heterocycles. The van der Waals surface area contributed by atoms with E-state index in [4.69, 9.17) is 4.74 Å². The number of aryl methyl sites for hydroxylation is 2. The highest BCUT2D eigenvalue weighted by Crippen LogP contribution is 2.13. The Morgan fingerprint density at radius 1 is 1.04 bits per heavy atom. The topological polar surface area (TPSA) is 50.7 Å². The van der Waals surface area contributed by atoms with Gasteiger partial charge in [0.15, 0.2) is 0 Å². The summed E-state index contributed by atoms with van der Waals surface area (Å²) in [5.41, 5.74) is 7.37. The highest BCUT2D eigenvalue weighted by Gasteiger charge is 2.06. The number of carbonyl (C=O) groups is 1. The predicted octanol–water partition coefficient (Wildman–Crippen LogP) is 4.25. The molecule has 1 N–H and O–H groups in total. The minimum absolute atomic E-state index is 0.236. The lowest BCUT2D eigenvalue weighted by molar-refractivity contribution is 0.0955. The Kier molecular flexibility index (Phi) is 6.13. The third-order valence-electron chi connectivity index (χ3n) is 3.84. The van der Waals surface area contributed by atoms with Crippen LogP contribution in [0.5, 0.6) is 5.75 Å². The van der Waals surface area contributed by atoms with Crippen LogP contribution in [0.25, 0.3) is 0 Å². The van der Waals surface area contributed by atoms with Gasteiger partial charge in [-0.25, -0.2) is 5.43 Å². The second-order valence-electron chi connectivity index (χ2n) is 5.81. The number of nitrogens with one attached hydrogen (secondary N) is 1. The van der Waals surface area contributed by atoms with Crippen molar-refractivity contribution in [2.75, 3.05) is 6.61 Å². The van der Waals surface area contributed by atoms with Crippen LogP contribution in [0, 0.1) is 13.8 Å². The standard InChI is InChI=1S/C20H24N2O2/c1-5-12-24-19-10-8-17(9-11-19)20(23)22-21-16(4)18-7-6-14(2)15(3)13-18/h6-11,13H,5,12H2,1-4H3,(H,22,23)/b21-16-. The van der Waals surface area contributed by atoms with Gasteiger partial charge >= 0.3 is 0 Å². The molecule has 0 spiro atoms. The molecule has 2 aromatic rings. The number of carbonyl (C=O) groups excluding carboxylic acids is 1.